The number of aryl methyl sites for hydroxylation is 2. The molecule has 1 aromatic heterocycles. The number of nitrogens with one attached hydrogen (secondary N) is 1. The number of thioether (sulfide) groups is 1. The van der Waals surface area contributed by atoms with Crippen molar-refractivity contribution in [2.45, 2.75) is 63.3 Å². The topological polar surface area (TPSA) is 29.9 Å². The van der Waals surface area contributed by atoms with Gasteiger partial charge in [-0.15, -0.1) is 11.8 Å². The van der Waals surface area contributed by atoms with Crippen molar-refractivity contribution in [3.05, 3.63) is 11.8 Å². The van der Waals surface area contributed by atoms with Crippen LogP contribution in [0.1, 0.15) is 45.7 Å². The molecule has 18 heavy (non-hydrogen) atoms. The fourth-order valence-electron chi connectivity index (χ4n) is 2.29. The van der Waals surface area contributed by atoms with Gasteiger partial charge in [0, 0.05) is 18.3 Å². The molecular formula is C14H27N3S. The lowest BCUT2D eigenvalue weighted by atomic mass is 10.1. The van der Waals surface area contributed by atoms with Crippen molar-refractivity contribution in [1.29, 1.82) is 0 Å². The second kappa shape index (κ2) is 7.85. The first-order valence-electron chi connectivity index (χ1n) is 7.02. The van der Waals surface area contributed by atoms with Gasteiger partial charge in [-0.25, -0.2) is 0 Å². The van der Waals surface area contributed by atoms with Gasteiger partial charge in [0.05, 0.1) is 10.7 Å². The summed E-state index contributed by atoms with van der Waals surface area (Å²) in [6.07, 6.45) is 3.67. The number of rotatable bonds is 8. The molecule has 0 saturated carbocycles. The van der Waals surface area contributed by atoms with Crippen LogP contribution in [0.25, 0.3) is 0 Å². The number of hydrogen-bond acceptors (Lipinski definition) is 3. The van der Waals surface area contributed by atoms with Gasteiger partial charge in [-0.2, -0.15) is 5.10 Å². The maximum atomic E-state index is 4.43. The van der Waals surface area contributed by atoms with E-state index < -0.39 is 0 Å². The van der Waals surface area contributed by atoms with Crippen molar-refractivity contribution in [3.8, 4) is 0 Å². The molecule has 1 heterocycles. The largest absolute Gasteiger partial charge is 0.313 e. The van der Waals surface area contributed by atoms with Crippen molar-refractivity contribution >= 4 is 11.8 Å². The lowest BCUT2D eigenvalue weighted by Gasteiger charge is -2.26. The highest BCUT2D eigenvalue weighted by Gasteiger charge is 2.20. The van der Waals surface area contributed by atoms with E-state index in [1.165, 1.54) is 24.3 Å². The molecule has 0 spiro atoms. The van der Waals surface area contributed by atoms with Crippen LogP contribution in [0.3, 0.4) is 0 Å². The fourth-order valence-corrected chi connectivity index (χ4v) is 3.60. The fraction of sp³-hybridized carbons (Fsp3) is 0.786. The Morgan fingerprint density at radius 1 is 1.39 bits per heavy atom. The van der Waals surface area contributed by atoms with Gasteiger partial charge in [0.1, 0.15) is 0 Å². The maximum Gasteiger partial charge on any atom is 0.0942 e. The van der Waals surface area contributed by atoms with Gasteiger partial charge in [-0.05, 0) is 32.4 Å². The van der Waals surface area contributed by atoms with Crippen LogP contribution in [0.15, 0.2) is 11.1 Å². The van der Waals surface area contributed by atoms with E-state index in [0.29, 0.717) is 11.3 Å². The minimum Gasteiger partial charge on any atom is -0.313 e. The molecule has 0 aromatic carbocycles. The van der Waals surface area contributed by atoms with E-state index >= 15 is 0 Å². The molecule has 4 heteroatoms. The SMILES string of the molecule is CCCC(NCC)C(CC)Sc1cc(C)nn1C. The smallest absolute Gasteiger partial charge is 0.0942 e. The highest BCUT2D eigenvalue weighted by Crippen LogP contribution is 2.29. The van der Waals surface area contributed by atoms with E-state index in [9.17, 15) is 0 Å². The molecule has 1 N–H and O–H groups in total. The van der Waals surface area contributed by atoms with E-state index in [0.717, 1.165) is 12.2 Å². The Morgan fingerprint density at radius 2 is 2.11 bits per heavy atom. The van der Waals surface area contributed by atoms with Gasteiger partial charge >= 0.3 is 0 Å². The molecular weight excluding hydrogens is 242 g/mol. The van der Waals surface area contributed by atoms with Crippen molar-refractivity contribution < 1.29 is 0 Å². The standard InChI is InChI=1S/C14H27N3S/c1-6-9-12(15-8-3)13(7-2)18-14-10-11(4)16-17(14)5/h10,12-13,15H,6-9H2,1-5H3. The van der Waals surface area contributed by atoms with Crippen LogP contribution in [-0.2, 0) is 7.05 Å². The maximum absolute atomic E-state index is 4.43. The summed E-state index contributed by atoms with van der Waals surface area (Å²) in [7, 11) is 2.03. The first kappa shape index (κ1) is 15.6. The van der Waals surface area contributed by atoms with Crippen LogP contribution in [-0.4, -0.2) is 27.6 Å². The van der Waals surface area contributed by atoms with E-state index in [2.05, 4.69) is 44.2 Å². The first-order valence-corrected chi connectivity index (χ1v) is 7.90. The van der Waals surface area contributed by atoms with Gasteiger partial charge in [-0.1, -0.05) is 27.2 Å². The Morgan fingerprint density at radius 3 is 2.56 bits per heavy atom. The van der Waals surface area contributed by atoms with E-state index in [-0.39, 0.29) is 0 Å². The van der Waals surface area contributed by atoms with Crippen molar-refractivity contribution in [1.82, 2.24) is 15.1 Å². The van der Waals surface area contributed by atoms with Crippen LogP contribution < -0.4 is 5.32 Å². The van der Waals surface area contributed by atoms with E-state index in [4.69, 9.17) is 0 Å². The average molecular weight is 269 g/mol. The lowest BCUT2D eigenvalue weighted by Crippen LogP contribution is -2.37. The van der Waals surface area contributed by atoms with Crippen LogP contribution in [0.4, 0.5) is 0 Å². The van der Waals surface area contributed by atoms with Crippen LogP contribution >= 0.6 is 11.8 Å². The normalized spacial score (nSPS) is 14.7. The number of hydrogen-bond donors (Lipinski definition) is 1. The Balaban J connectivity index is 2.72. The van der Waals surface area contributed by atoms with Crippen LogP contribution in [0, 0.1) is 6.92 Å². The summed E-state index contributed by atoms with van der Waals surface area (Å²) >= 11 is 1.96. The van der Waals surface area contributed by atoms with Crippen LogP contribution in [0.5, 0.6) is 0 Å². The predicted molar refractivity (Wildman–Crippen MR) is 80.3 cm³/mol. The molecule has 0 amide bonds. The summed E-state index contributed by atoms with van der Waals surface area (Å²) in [6.45, 7) is 9.83. The molecule has 0 bridgehead atoms. The third-order valence-corrected chi connectivity index (χ3v) is 4.74. The molecule has 0 saturated heterocycles. The summed E-state index contributed by atoms with van der Waals surface area (Å²) in [4.78, 5) is 0. The minimum atomic E-state index is 0.602. The molecule has 0 aliphatic rings. The highest BCUT2D eigenvalue weighted by molar-refractivity contribution is 7.99. The molecule has 1 rings (SSSR count). The molecule has 0 fully saturated rings. The van der Waals surface area contributed by atoms with Gasteiger partial charge in [0.15, 0.2) is 0 Å². The Kier molecular flexibility index (Phi) is 6.79. The van der Waals surface area contributed by atoms with Crippen molar-refractivity contribution in [2.24, 2.45) is 7.05 Å². The van der Waals surface area contributed by atoms with E-state index in [1.54, 1.807) is 0 Å². The Hall–Kier alpha value is -0.480. The van der Waals surface area contributed by atoms with Gasteiger partial charge in [0.25, 0.3) is 0 Å². The quantitative estimate of drug-likeness (QED) is 0.734. The number of aromatic nitrogens is 2. The summed E-state index contributed by atoms with van der Waals surface area (Å²) in [5.74, 6) is 0. The molecule has 0 aliphatic heterocycles. The molecule has 3 nitrogen and oxygen atoms in total. The molecule has 2 atom stereocenters. The number of nitrogens with zero attached hydrogens (tertiary/aromatic N) is 2. The second-order valence-corrected chi connectivity index (χ2v) is 6.02. The Labute approximate surface area is 116 Å². The molecule has 1 aromatic rings. The van der Waals surface area contributed by atoms with Crippen molar-refractivity contribution in [3.63, 3.8) is 0 Å². The molecule has 0 radical (unpaired) electrons. The molecule has 0 aliphatic carbocycles. The summed E-state index contributed by atoms with van der Waals surface area (Å²) < 4.78 is 2.00. The van der Waals surface area contributed by atoms with E-state index in [1.807, 2.05) is 23.5 Å². The molecule has 104 valence electrons. The zero-order chi connectivity index (χ0) is 13.5. The first-order chi connectivity index (χ1) is 8.62. The summed E-state index contributed by atoms with van der Waals surface area (Å²) in [5.41, 5.74) is 1.10. The third kappa shape index (κ3) is 4.32. The van der Waals surface area contributed by atoms with Gasteiger partial charge in [-0.3, -0.25) is 4.68 Å². The van der Waals surface area contributed by atoms with Gasteiger partial charge < -0.3 is 5.32 Å². The predicted octanol–water partition coefficient (Wildman–Crippen LogP) is 3.38. The van der Waals surface area contributed by atoms with Crippen LogP contribution in [0.2, 0.25) is 0 Å². The highest BCUT2D eigenvalue weighted by atomic mass is 32.2. The average Bonchev–Trinajstić information content (AvgIpc) is 2.64. The molecule has 2 unspecified atom stereocenters. The lowest BCUT2D eigenvalue weighted by molar-refractivity contribution is 0.465. The summed E-state index contributed by atoms with van der Waals surface area (Å²) in [5, 5.41) is 9.96. The van der Waals surface area contributed by atoms with Crippen molar-refractivity contribution in [2.75, 3.05) is 6.54 Å². The summed E-state index contributed by atoms with van der Waals surface area (Å²) in [6, 6.07) is 2.78. The third-order valence-electron chi connectivity index (χ3n) is 3.15. The zero-order valence-electron chi connectivity index (χ0n) is 12.4. The monoisotopic (exact) mass is 269 g/mol. The second-order valence-electron chi connectivity index (χ2n) is 4.76. The minimum absolute atomic E-state index is 0.602. The zero-order valence-corrected chi connectivity index (χ0v) is 13.2. The van der Waals surface area contributed by atoms with Gasteiger partial charge in [0.2, 0.25) is 0 Å². The Bertz CT molecular complexity index is 343.